The smallest absolute Gasteiger partial charge is 0.437 e. The van der Waals surface area contributed by atoms with E-state index in [1.807, 2.05) is 32.0 Å². The number of halogens is 3. The van der Waals surface area contributed by atoms with Crippen LogP contribution in [0.1, 0.15) is 55.5 Å². The van der Waals surface area contributed by atoms with Gasteiger partial charge < -0.3 is 18.7 Å². The second kappa shape index (κ2) is 12.0. The number of nitrogens with zero attached hydrogens (tertiary/aromatic N) is 1. The van der Waals surface area contributed by atoms with Gasteiger partial charge in [0, 0.05) is 18.4 Å². The van der Waals surface area contributed by atoms with Crippen LogP contribution in [0.3, 0.4) is 0 Å². The third-order valence-corrected chi connectivity index (χ3v) is 5.67. The van der Waals surface area contributed by atoms with Crippen LogP contribution in [-0.4, -0.2) is 31.4 Å². The predicted molar refractivity (Wildman–Crippen MR) is 125 cm³/mol. The van der Waals surface area contributed by atoms with Crippen LogP contribution in [0.2, 0.25) is 0 Å². The van der Waals surface area contributed by atoms with E-state index < -0.39 is 11.9 Å². The molecule has 1 aromatic heterocycles. The number of benzene rings is 2. The number of esters is 1. The quantitative estimate of drug-likeness (QED) is 0.217. The molecule has 3 aromatic rings. The van der Waals surface area contributed by atoms with E-state index in [2.05, 4.69) is 5.16 Å². The van der Waals surface area contributed by atoms with Gasteiger partial charge in [-0.2, -0.15) is 13.2 Å². The molecular weight excluding hydrogens is 463 g/mol. The molecule has 0 spiro atoms. The molecular formula is C26H30F3NO5. The van der Waals surface area contributed by atoms with Gasteiger partial charge in [0.1, 0.15) is 11.5 Å². The molecule has 3 rings (SSSR count). The van der Waals surface area contributed by atoms with Crippen molar-refractivity contribution in [3.05, 3.63) is 52.7 Å². The summed E-state index contributed by atoms with van der Waals surface area (Å²) in [6.45, 7) is 4.73. The molecule has 190 valence electrons. The van der Waals surface area contributed by atoms with Crippen LogP contribution in [-0.2, 0) is 35.0 Å². The molecule has 9 heteroatoms. The Morgan fingerprint density at radius 2 is 1.80 bits per heavy atom. The molecule has 0 fully saturated rings. The Balaban J connectivity index is 1.57. The van der Waals surface area contributed by atoms with Crippen molar-refractivity contribution in [2.75, 3.05) is 20.3 Å². The number of rotatable bonds is 12. The summed E-state index contributed by atoms with van der Waals surface area (Å²) in [5, 5.41) is 3.18. The summed E-state index contributed by atoms with van der Waals surface area (Å²) in [5.74, 6) is 0.989. The van der Waals surface area contributed by atoms with Gasteiger partial charge in [-0.1, -0.05) is 31.5 Å². The number of fused-ring (bicyclic) bond motifs is 1. The van der Waals surface area contributed by atoms with Crippen LogP contribution < -0.4 is 9.47 Å². The first-order chi connectivity index (χ1) is 16.8. The Hall–Kier alpha value is -3.23. The first kappa shape index (κ1) is 26.4. The van der Waals surface area contributed by atoms with Gasteiger partial charge in [0.2, 0.25) is 0 Å². The summed E-state index contributed by atoms with van der Waals surface area (Å²) >= 11 is 0. The lowest BCUT2D eigenvalue weighted by Crippen LogP contribution is -2.08. The number of carbonyl (C=O) groups excluding carboxylic acids is 1. The highest BCUT2D eigenvalue weighted by atomic mass is 19.4. The molecule has 0 bridgehead atoms. The largest absolute Gasteiger partial charge is 0.493 e. The fraction of sp³-hybridized carbons (Fsp3) is 0.462. The molecule has 1 heterocycles. The van der Waals surface area contributed by atoms with Crippen LogP contribution in [0.4, 0.5) is 13.2 Å². The number of carbonyl (C=O) groups is 1. The van der Waals surface area contributed by atoms with Gasteiger partial charge in [-0.05, 0) is 54.7 Å². The maximum Gasteiger partial charge on any atom is 0.437 e. The van der Waals surface area contributed by atoms with E-state index >= 15 is 0 Å². The third-order valence-electron chi connectivity index (χ3n) is 5.67. The minimum absolute atomic E-state index is 0.0570. The fourth-order valence-electron chi connectivity index (χ4n) is 3.90. The molecule has 0 atom stereocenters. The zero-order valence-corrected chi connectivity index (χ0v) is 20.2. The van der Waals surface area contributed by atoms with Crippen LogP contribution in [0.5, 0.6) is 11.5 Å². The topological polar surface area (TPSA) is 70.8 Å². The molecule has 0 radical (unpaired) electrons. The number of ether oxygens (including phenoxy) is 3. The van der Waals surface area contributed by atoms with Gasteiger partial charge in [0.15, 0.2) is 11.3 Å². The zero-order chi connectivity index (χ0) is 25.4. The van der Waals surface area contributed by atoms with Crippen molar-refractivity contribution in [3.63, 3.8) is 0 Å². The molecule has 6 nitrogen and oxygen atoms in total. The minimum Gasteiger partial charge on any atom is -0.493 e. The van der Waals surface area contributed by atoms with Crippen LogP contribution in [0.15, 0.2) is 34.9 Å². The van der Waals surface area contributed by atoms with E-state index in [1.165, 1.54) is 13.2 Å². The SMILES string of the molecule is CCCc1c(OCCCOc2ccc(CCC(=O)OC)c(CC)c2)ccc2c(C(F)(F)F)noc12. The van der Waals surface area contributed by atoms with Crippen molar-refractivity contribution in [3.8, 4) is 11.5 Å². The molecule has 0 aliphatic carbocycles. The van der Waals surface area contributed by atoms with Crippen molar-refractivity contribution in [1.82, 2.24) is 5.16 Å². The fourth-order valence-corrected chi connectivity index (χ4v) is 3.90. The summed E-state index contributed by atoms with van der Waals surface area (Å²) < 4.78 is 61.0. The Morgan fingerprint density at radius 3 is 2.49 bits per heavy atom. The first-order valence-corrected chi connectivity index (χ1v) is 11.7. The van der Waals surface area contributed by atoms with Gasteiger partial charge >= 0.3 is 12.1 Å². The second-order valence-corrected chi connectivity index (χ2v) is 8.11. The number of hydrogen-bond donors (Lipinski definition) is 0. The van der Waals surface area contributed by atoms with E-state index in [1.54, 1.807) is 6.07 Å². The Morgan fingerprint density at radius 1 is 1.03 bits per heavy atom. The van der Waals surface area contributed by atoms with E-state index in [0.29, 0.717) is 50.2 Å². The lowest BCUT2D eigenvalue weighted by atomic mass is 10.0. The molecule has 0 amide bonds. The Labute approximate surface area is 202 Å². The maximum absolute atomic E-state index is 13.2. The second-order valence-electron chi connectivity index (χ2n) is 8.11. The molecule has 0 unspecified atom stereocenters. The molecule has 0 saturated heterocycles. The highest BCUT2D eigenvalue weighted by Gasteiger charge is 2.37. The molecule has 0 aliphatic rings. The molecule has 0 aliphatic heterocycles. The van der Waals surface area contributed by atoms with Crippen LogP contribution in [0.25, 0.3) is 11.0 Å². The normalized spacial score (nSPS) is 11.6. The van der Waals surface area contributed by atoms with Crippen molar-refractivity contribution in [2.24, 2.45) is 0 Å². The molecule has 35 heavy (non-hydrogen) atoms. The monoisotopic (exact) mass is 493 g/mol. The van der Waals surface area contributed by atoms with Gasteiger partial charge in [-0.15, -0.1) is 0 Å². The zero-order valence-electron chi connectivity index (χ0n) is 20.2. The highest BCUT2D eigenvalue weighted by molar-refractivity contribution is 5.85. The average Bonchev–Trinajstić information content (AvgIpc) is 3.29. The van der Waals surface area contributed by atoms with Gasteiger partial charge in [0.05, 0.1) is 25.7 Å². The van der Waals surface area contributed by atoms with Crippen molar-refractivity contribution < 1.29 is 36.7 Å². The van der Waals surface area contributed by atoms with Gasteiger partial charge in [-0.3, -0.25) is 4.79 Å². The van der Waals surface area contributed by atoms with E-state index in [4.69, 9.17) is 18.7 Å². The summed E-state index contributed by atoms with van der Waals surface area (Å²) in [6.07, 6.45) is -1.00. The molecule has 2 aromatic carbocycles. The van der Waals surface area contributed by atoms with Crippen LogP contribution >= 0.6 is 0 Å². The lowest BCUT2D eigenvalue weighted by molar-refractivity contribution is -0.142. The number of hydrogen-bond acceptors (Lipinski definition) is 6. The van der Waals surface area contributed by atoms with E-state index in [9.17, 15) is 18.0 Å². The predicted octanol–water partition coefficient (Wildman–Crippen LogP) is 6.32. The van der Waals surface area contributed by atoms with Gasteiger partial charge in [0.25, 0.3) is 0 Å². The number of alkyl halides is 3. The summed E-state index contributed by atoms with van der Waals surface area (Å²) in [7, 11) is 1.38. The van der Waals surface area contributed by atoms with Gasteiger partial charge in [-0.25, -0.2) is 0 Å². The third kappa shape index (κ3) is 6.68. The van der Waals surface area contributed by atoms with Crippen molar-refractivity contribution in [2.45, 2.75) is 58.5 Å². The van der Waals surface area contributed by atoms with E-state index in [-0.39, 0.29) is 16.9 Å². The molecule has 0 N–H and O–H groups in total. The number of aromatic nitrogens is 1. The standard InChI is InChI=1S/C26H30F3NO5/c1-4-7-20-22(12-11-21-24(20)35-30-25(21)26(27,28)29)34-15-6-14-33-19-10-8-18(17(5-2)16-19)9-13-23(31)32-3/h8,10-12,16H,4-7,9,13-15H2,1-3H3. The average molecular weight is 494 g/mol. The Kier molecular flexibility index (Phi) is 9.01. The summed E-state index contributed by atoms with van der Waals surface area (Å²) in [4.78, 5) is 11.4. The highest BCUT2D eigenvalue weighted by Crippen LogP contribution is 2.38. The maximum atomic E-state index is 13.2. The Bertz CT molecular complexity index is 1140. The lowest BCUT2D eigenvalue weighted by Gasteiger charge is -2.13. The van der Waals surface area contributed by atoms with E-state index in [0.717, 1.165) is 29.7 Å². The molecule has 0 saturated carbocycles. The van der Waals surface area contributed by atoms with Crippen molar-refractivity contribution >= 4 is 16.9 Å². The minimum atomic E-state index is -4.58. The number of methoxy groups -OCH3 is 1. The first-order valence-electron chi connectivity index (χ1n) is 11.7. The summed E-state index contributed by atoms with van der Waals surface area (Å²) in [5.41, 5.74) is 1.89. The van der Waals surface area contributed by atoms with Crippen LogP contribution in [0, 0.1) is 0 Å². The van der Waals surface area contributed by atoms with Crippen molar-refractivity contribution in [1.29, 1.82) is 0 Å². The number of aryl methyl sites for hydroxylation is 3. The summed E-state index contributed by atoms with van der Waals surface area (Å²) in [6, 6.07) is 8.70.